The molecule has 1 unspecified atom stereocenters. The van der Waals surface area contributed by atoms with Crippen LogP contribution in [0, 0.1) is 0 Å². The van der Waals surface area contributed by atoms with E-state index in [1.807, 2.05) is 0 Å². The fraction of sp³-hybridized carbons (Fsp3) is 0.400. The zero-order valence-electron chi connectivity index (χ0n) is 11.6. The first-order valence-corrected chi connectivity index (χ1v) is 7.00. The Balaban J connectivity index is 1.50. The van der Waals surface area contributed by atoms with E-state index in [4.69, 9.17) is 8.83 Å². The number of rotatable bonds is 4. The fourth-order valence-corrected chi connectivity index (χ4v) is 2.51. The van der Waals surface area contributed by atoms with Crippen LogP contribution in [0.3, 0.4) is 0 Å². The number of carbonyl (C=O) groups is 1. The van der Waals surface area contributed by atoms with E-state index < -0.39 is 6.10 Å². The molecular formula is C15H18N2O4. The van der Waals surface area contributed by atoms with E-state index in [2.05, 4.69) is 4.90 Å². The summed E-state index contributed by atoms with van der Waals surface area (Å²) in [5, 5.41) is 10.1. The Labute approximate surface area is 122 Å². The molecule has 112 valence electrons. The number of piperazine rings is 1. The van der Waals surface area contributed by atoms with Gasteiger partial charge in [0, 0.05) is 32.7 Å². The normalized spacial score (nSPS) is 17.9. The van der Waals surface area contributed by atoms with Gasteiger partial charge in [-0.1, -0.05) is 0 Å². The highest BCUT2D eigenvalue weighted by Crippen LogP contribution is 2.16. The summed E-state index contributed by atoms with van der Waals surface area (Å²) in [7, 11) is 0. The maximum Gasteiger partial charge on any atom is 0.289 e. The first kappa shape index (κ1) is 13.9. The van der Waals surface area contributed by atoms with Gasteiger partial charge in [-0.2, -0.15) is 0 Å². The standard InChI is InChI=1S/C15H18N2O4/c18-12(13-3-1-9-20-13)11-16-5-7-17(8-6-16)15(19)14-4-2-10-21-14/h1-4,9-10,12,18H,5-8,11H2. The van der Waals surface area contributed by atoms with Crippen molar-refractivity contribution in [2.75, 3.05) is 32.7 Å². The number of furan rings is 2. The summed E-state index contributed by atoms with van der Waals surface area (Å²) in [4.78, 5) is 16.0. The highest BCUT2D eigenvalue weighted by molar-refractivity contribution is 5.91. The van der Waals surface area contributed by atoms with Crippen molar-refractivity contribution in [3.05, 3.63) is 48.3 Å². The maximum atomic E-state index is 12.1. The lowest BCUT2D eigenvalue weighted by molar-refractivity contribution is 0.0465. The van der Waals surface area contributed by atoms with Crippen LogP contribution in [0.15, 0.2) is 45.6 Å². The quantitative estimate of drug-likeness (QED) is 0.920. The number of aliphatic hydroxyl groups excluding tert-OH is 1. The number of hydrogen-bond donors (Lipinski definition) is 1. The Hall–Kier alpha value is -2.05. The molecule has 6 nitrogen and oxygen atoms in total. The molecule has 3 rings (SSSR count). The molecule has 6 heteroatoms. The molecule has 1 amide bonds. The largest absolute Gasteiger partial charge is 0.467 e. The number of carbonyl (C=O) groups excluding carboxylic acids is 1. The predicted molar refractivity (Wildman–Crippen MR) is 74.7 cm³/mol. The van der Waals surface area contributed by atoms with Crippen molar-refractivity contribution in [3.8, 4) is 0 Å². The van der Waals surface area contributed by atoms with Crippen molar-refractivity contribution in [2.45, 2.75) is 6.10 Å². The summed E-state index contributed by atoms with van der Waals surface area (Å²) in [6.45, 7) is 3.22. The van der Waals surface area contributed by atoms with Gasteiger partial charge in [-0.05, 0) is 24.3 Å². The molecule has 0 radical (unpaired) electrons. The molecule has 0 spiro atoms. The van der Waals surface area contributed by atoms with Gasteiger partial charge in [-0.3, -0.25) is 9.69 Å². The van der Waals surface area contributed by atoms with E-state index in [-0.39, 0.29) is 5.91 Å². The molecule has 1 fully saturated rings. The molecule has 2 aromatic heterocycles. The zero-order valence-corrected chi connectivity index (χ0v) is 11.6. The third-order valence-corrected chi connectivity index (χ3v) is 3.69. The average molecular weight is 290 g/mol. The summed E-state index contributed by atoms with van der Waals surface area (Å²) >= 11 is 0. The van der Waals surface area contributed by atoms with Crippen LogP contribution in [0.1, 0.15) is 22.4 Å². The van der Waals surface area contributed by atoms with E-state index in [9.17, 15) is 9.90 Å². The molecule has 1 saturated heterocycles. The highest BCUT2D eigenvalue weighted by Gasteiger charge is 2.25. The van der Waals surface area contributed by atoms with Gasteiger partial charge in [0.1, 0.15) is 11.9 Å². The molecule has 1 aliphatic heterocycles. The molecule has 2 aromatic rings. The van der Waals surface area contributed by atoms with Crippen LogP contribution in [-0.2, 0) is 0 Å². The molecule has 3 heterocycles. The summed E-state index contributed by atoms with van der Waals surface area (Å²) in [5.74, 6) is 0.870. The molecule has 1 atom stereocenters. The molecule has 1 aliphatic rings. The van der Waals surface area contributed by atoms with E-state index in [1.54, 1.807) is 35.4 Å². The molecule has 0 bridgehead atoms. The van der Waals surface area contributed by atoms with Gasteiger partial charge in [-0.25, -0.2) is 0 Å². The van der Waals surface area contributed by atoms with Crippen LogP contribution in [-0.4, -0.2) is 53.5 Å². The van der Waals surface area contributed by atoms with Gasteiger partial charge < -0.3 is 18.8 Å². The van der Waals surface area contributed by atoms with Crippen LogP contribution in [0.4, 0.5) is 0 Å². The first-order chi connectivity index (χ1) is 10.2. The molecule has 1 N–H and O–H groups in total. The zero-order chi connectivity index (χ0) is 14.7. The van der Waals surface area contributed by atoms with Crippen LogP contribution in [0.2, 0.25) is 0 Å². The number of aliphatic hydroxyl groups is 1. The lowest BCUT2D eigenvalue weighted by Gasteiger charge is -2.34. The molecule has 21 heavy (non-hydrogen) atoms. The minimum atomic E-state index is -0.632. The van der Waals surface area contributed by atoms with E-state index in [0.717, 1.165) is 13.1 Å². The van der Waals surface area contributed by atoms with Gasteiger partial charge in [0.05, 0.1) is 12.5 Å². The number of amides is 1. The summed E-state index contributed by atoms with van der Waals surface area (Å²) < 4.78 is 10.3. The van der Waals surface area contributed by atoms with Crippen molar-refractivity contribution in [1.29, 1.82) is 0 Å². The fourth-order valence-electron chi connectivity index (χ4n) is 2.51. The molecule has 0 aliphatic carbocycles. The van der Waals surface area contributed by atoms with E-state index in [1.165, 1.54) is 6.26 Å². The van der Waals surface area contributed by atoms with Crippen molar-refractivity contribution >= 4 is 5.91 Å². The second-order valence-electron chi connectivity index (χ2n) is 5.10. The second kappa shape index (κ2) is 6.15. The lowest BCUT2D eigenvalue weighted by Crippen LogP contribution is -2.49. The van der Waals surface area contributed by atoms with Gasteiger partial charge in [0.2, 0.25) is 0 Å². The van der Waals surface area contributed by atoms with Gasteiger partial charge >= 0.3 is 0 Å². The number of β-amino-alcohol motifs (C(OH)–C–C–N with tert-alkyl or cyclic N) is 1. The van der Waals surface area contributed by atoms with E-state index >= 15 is 0 Å². The Bertz CT molecular complexity index is 557. The van der Waals surface area contributed by atoms with Crippen molar-refractivity contribution in [1.82, 2.24) is 9.80 Å². The smallest absolute Gasteiger partial charge is 0.289 e. The van der Waals surface area contributed by atoms with Gasteiger partial charge in [0.15, 0.2) is 5.76 Å². The van der Waals surface area contributed by atoms with Crippen LogP contribution in [0.5, 0.6) is 0 Å². The maximum absolute atomic E-state index is 12.1. The summed E-state index contributed by atoms with van der Waals surface area (Å²) in [6.07, 6.45) is 2.43. The van der Waals surface area contributed by atoms with Crippen LogP contribution >= 0.6 is 0 Å². The van der Waals surface area contributed by atoms with E-state index in [0.29, 0.717) is 31.2 Å². The van der Waals surface area contributed by atoms with Crippen molar-refractivity contribution < 1.29 is 18.7 Å². The van der Waals surface area contributed by atoms with Crippen molar-refractivity contribution in [2.24, 2.45) is 0 Å². The topological polar surface area (TPSA) is 70.1 Å². The average Bonchev–Trinajstić information content (AvgIpc) is 3.20. The number of nitrogens with zero attached hydrogens (tertiary/aromatic N) is 2. The third-order valence-electron chi connectivity index (χ3n) is 3.69. The highest BCUT2D eigenvalue weighted by atomic mass is 16.4. The molecular weight excluding hydrogens is 272 g/mol. The summed E-state index contributed by atoms with van der Waals surface area (Å²) in [5.41, 5.74) is 0. The minimum absolute atomic E-state index is 0.0776. The van der Waals surface area contributed by atoms with Gasteiger partial charge in [0.25, 0.3) is 5.91 Å². The minimum Gasteiger partial charge on any atom is -0.467 e. The first-order valence-electron chi connectivity index (χ1n) is 7.00. The Morgan fingerprint density at radius 2 is 1.86 bits per heavy atom. The predicted octanol–water partition coefficient (Wildman–Crippen LogP) is 1.36. The van der Waals surface area contributed by atoms with Crippen LogP contribution < -0.4 is 0 Å². The summed E-state index contributed by atoms with van der Waals surface area (Å²) in [6, 6.07) is 6.92. The third kappa shape index (κ3) is 3.17. The molecule has 0 aromatic carbocycles. The SMILES string of the molecule is O=C(c1ccco1)N1CCN(CC(O)c2ccco2)CC1. The monoisotopic (exact) mass is 290 g/mol. The Kier molecular flexibility index (Phi) is 4.08. The Morgan fingerprint density at radius 1 is 1.14 bits per heavy atom. The number of hydrogen-bond acceptors (Lipinski definition) is 5. The van der Waals surface area contributed by atoms with Crippen LogP contribution in [0.25, 0.3) is 0 Å². The van der Waals surface area contributed by atoms with Gasteiger partial charge in [-0.15, -0.1) is 0 Å². The lowest BCUT2D eigenvalue weighted by atomic mass is 10.2. The second-order valence-corrected chi connectivity index (χ2v) is 5.10. The Morgan fingerprint density at radius 3 is 2.48 bits per heavy atom. The van der Waals surface area contributed by atoms with Crippen molar-refractivity contribution in [3.63, 3.8) is 0 Å². The molecule has 0 saturated carbocycles.